The highest BCUT2D eigenvalue weighted by Gasteiger charge is 2.04. The summed E-state index contributed by atoms with van der Waals surface area (Å²) in [7, 11) is 1.69. The van der Waals surface area contributed by atoms with Gasteiger partial charge in [0.05, 0.1) is 0 Å². The van der Waals surface area contributed by atoms with E-state index in [1.165, 1.54) is 0 Å². The zero-order valence-electron chi connectivity index (χ0n) is 9.64. The molecule has 0 saturated carbocycles. The van der Waals surface area contributed by atoms with E-state index in [1.54, 1.807) is 24.9 Å². The smallest absolute Gasteiger partial charge is 0.337 e. The number of methoxy groups -OCH3 is 1. The van der Waals surface area contributed by atoms with E-state index < -0.39 is 0 Å². The van der Waals surface area contributed by atoms with Gasteiger partial charge in [-0.1, -0.05) is 18.2 Å². The van der Waals surface area contributed by atoms with E-state index in [0.717, 1.165) is 29.1 Å². The first-order chi connectivity index (χ1) is 8.31. The molecule has 0 radical (unpaired) electrons. The topological polar surface area (TPSA) is 39.4 Å². The Labute approximate surface area is 104 Å². The average Bonchev–Trinajstić information content (AvgIpc) is 2.34. The maximum atomic E-state index is 11.4. The molecule has 2 aromatic rings. The Balaban J connectivity index is 2.23. The second kappa shape index (κ2) is 5.89. The molecular weight excluding hydrogens is 236 g/mol. The van der Waals surface area contributed by atoms with Crippen LogP contribution in [0.25, 0.3) is 11.0 Å². The summed E-state index contributed by atoms with van der Waals surface area (Å²) in [6.07, 6.45) is 0.968. The fourth-order valence-electron chi connectivity index (χ4n) is 1.59. The highest BCUT2D eigenvalue weighted by Crippen LogP contribution is 2.26. The number of para-hydroxylation sites is 1. The lowest BCUT2D eigenvalue weighted by molar-refractivity contribution is 0.200. The van der Waals surface area contributed by atoms with Crippen LogP contribution in [-0.4, -0.2) is 19.5 Å². The molecule has 0 spiro atoms. The van der Waals surface area contributed by atoms with Crippen LogP contribution in [0.1, 0.15) is 6.42 Å². The van der Waals surface area contributed by atoms with Crippen LogP contribution < -0.4 is 5.63 Å². The molecule has 0 aliphatic carbocycles. The van der Waals surface area contributed by atoms with Crippen LogP contribution in [-0.2, 0) is 4.74 Å². The third-order valence-electron chi connectivity index (χ3n) is 2.36. The molecule has 4 heteroatoms. The molecule has 0 N–H and O–H groups in total. The Bertz CT molecular complexity index is 548. The third-order valence-corrected chi connectivity index (χ3v) is 3.50. The molecule has 2 rings (SSSR count). The average molecular weight is 250 g/mol. The molecule has 17 heavy (non-hydrogen) atoms. The Morgan fingerprint density at radius 3 is 3.00 bits per heavy atom. The number of fused-ring (bicyclic) bond motifs is 1. The Morgan fingerprint density at radius 1 is 1.35 bits per heavy atom. The first-order valence-electron chi connectivity index (χ1n) is 5.46. The first kappa shape index (κ1) is 12.2. The van der Waals surface area contributed by atoms with Crippen molar-refractivity contribution < 1.29 is 9.15 Å². The molecule has 0 atom stereocenters. The number of benzene rings is 1. The summed E-state index contributed by atoms with van der Waals surface area (Å²) in [5.74, 6) is 0.932. The zero-order chi connectivity index (χ0) is 12.1. The van der Waals surface area contributed by atoms with Gasteiger partial charge in [-0.15, -0.1) is 11.8 Å². The minimum atomic E-state index is -0.294. The largest absolute Gasteiger partial charge is 0.423 e. The molecule has 0 aliphatic heterocycles. The summed E-state index contributed by atoms with van der Waals surface area (Å²) in [5, 5.41) is 0.995. The Kier molecular flexibility index (Phi) is 4.23. The second-order valence-electron chi connectivity index (χ2n) is 3.62. The van der Waals surface area contributed by atoms with Crippen molar-refractivity contribution in [1.29, 1.82) is 0 Å². The van der Waals surface area contributed by atoms with E-state index >= 15 is 0 Å². The van der Waals surface area contributed by atoms with Gasteiger partial charge in [-0.25, -0.2) is 4.79 Å². The first-order valence-corrected chi connectivity index (χ1v) is 6.44. The summed E-state index contributed by atoms with van der Waals surface area (Å²) in [6, 6.07) is 9.15. The third kappa shape index (κ3) is 3.11. The van der Waals surface area contributed by atoms with Crippen LogP contribution in [0.4, 0.5) is 0 Å². The minimum absolute atomic E-state index is 0.294. The summed E-state index contributed by atoms with van der Waals surface area (Å²) in [6.45, 7) is 0.742. The number of rotatable bonds is 5. The van der Waals surface area contributed by atoms with E-state index in [4.69, 9.17) is 9.15 Å². The maximum absolute atomic E-state index is 11.4. The van der Waals surface area contributed by atoms with Crippen LogP contribution in [0, 0.1) is 0 Å². The van der Waals surface area contributed by atoms with Crippen molar-refractivity contribution in [3.63, 3.8) is 0 Å². The van der Waals surface area contributed by atoms with E-state index in [-0.39, 0.29) is 5.63 Å². The molecule has 1 aromatic heterocycles. The van der Waals surface area contributed by atoms with Crippen LogP contribution in [0.3, 0.4) is 0 Å². The summed E-state index contributed by atoms with van der Waals surface area (Å²) in [4.78, 5) is 12.4. The highest BCUT2D eigenvalue weighted by molar-refractivity contribution is 7.99. The van der Waals surface area contributed by atoms with Crippen molar-refractivity contribution in [2.24, 2.45) is 0 Å². The highest BCUT2D eigenvalue weighted by atomic mass is 32.2. The Morgan fingerprint density at radius 2 is 2.18 bits per heavy atom. The lowest BCUT2D eigenvalue weighted by atomic mass is 10.2. The van der Waals surface area contributed by atoms with Gasteiger partial charge in [0.15, 0.2) is 0 Å². The normalized spacial score (nSPS) is 10.9. The van der Waals surface area contributed by atoms with Crippen molar-refractivity contribution >= 4 is 22.7 Å². The number of hydrogen-bond acceptors (Lipinski definition) is 4. The van der Waals surface area contributed by atoms with E-state index in [9.17, 15) is 4.79 Å². The van der Waals surface area contributed by atoms with Crippen molar-refractivity contribution in [2.45, 2.75) is 11.3 Å². The Hall–Kier alpha value is -1.26. The van der Waals surface area contributed by atoms with Gasteiger partial charge in [-0.05, 0) is 12.5 Å². The molecule has 1 heterocycles. The van der Waals surface area contributed by atoms with Crippen molar-refractivity contribution in [1.82, 2.24) is 0 Å². The van der Waals surface area contributed by atoms with Crippen LogP contribution >= 0.6 is 11.8 Å². The van der Waals surface area contributed by atoms with Gasteiger partial charge in [0, 0.05) is 35.8 Å². The van der Waals surface area contributed by atoms with Crippen LogP contribution in [0.2, 0.25) is 0 Å². The zero-order valence-corrected chi connectivity index (χ0v) is 10.5. The van der Waals surface area contributed by atoms with Gasteiger partial charge >= 0.3 is 5.63 Å². The van der Waals surface area contributed by atoms with Gasteiger partial charge in [0.1, 0.15) is 5.58 Å². The summed E-state index contributed by atoms with van der Waals surface area (Å²) >= 11 is 1.66. The molecular formula is C13H14O3S. The van der Waals surface area contributed by atoms with Gasteiger partial charge < -0.3 is 9.15 Å². The fourth-order valence-corrected chi connectivity index (χ4v) is 2.57. The van der Waals surface area contributed by atoms with Gasteiger partial charge in [-0.2, -0.15) is 0 Å². The lowest BCUT2D eigenvalue weighted by Gasteiger charge is -2.04. The molecule has 90 valence electrons. The second-order valence-corrected chi connectivity index (χ2v) is 4.76. The van der Waals surface area contributed by atoms with Gasteiger partial charge in [0.25, 0.3) is 0 Å². The maximum Gasteiger partial charge on any atom is 0.337 e. The van der Waals surface area contributed by atoms with E-state index in [1.807, 2.05) is 24.3 Å². The fraction of sp³-hybridized carbons (Fsp3) is 0.308. The number of thioether (sulfide) groups is 1. The quantitative estimate of drug-likeness (QED) is 0.464. The van der Waals surface area contributed by atoms with Gasteiger partial charge in [0.2, 0.25) is 0 Å². The minimum Gasteiger partial charge on any atom is -0.423 e. The monoisotopic (exact) mass is 250 g/mol. The summed E-state index contributed by atoms with van der Waals surface area (Å²) in [5.41, 5.74) is 0.354. The van der Waals surface area contributed by atoms with Crippen LogP contribution in [0.5, 0.6) is 0 Å². The number of hydrogen-bond donors (Lipinski definition) is 0. The molecule has 0 saturated heterocycles. The van der Waals surface area contributed by atoms with E-state index in [0.29, 0.717) is 5.58 Å². The predicted octanol–water partition coefficient (Wildman–Crippen LogP) is 2.92. The lowest BCUT2D eigenvalue weighted by Crippen LogP contribution is -1.98. The molecule has 0 unspecified atom stereocenters. The van der Waals surface area contributed by atoms with Crippen molar-refractivity contribution in [2.75, 3.05) is 19.5 Å². The van der Waals surface area contributed by atoms with Crippen LogP contribution in [0.15, 0.2) is 44.4 Å². The molecule has 0 aliphatic rings. The molecule has 0 bridgehead atoms. The van der Waals surface area contributed by atoms with Gasteiger partial charge in [-0.3, -0.25) is 0 Å². The molecule has 1 aromatic carbocycles. The molecule has 0 amide bonds. The van der Waals surface area contributed by atoms with Crippen molar-refractivity contribution in [3.8, 4) is 0 Å². The predicted molar refractivity (Wildman–Crippen MR) is 69.7 cm³/mol. The van der Waals surface area contributed by atoms with Crippen molar-refractivity contribution in [3.05, 3.63) is 40.8 Å². The SMILES string of the molecule is COCCCSc1cc(=O)oc2ccccc12. The summed E-state index contributed by atoms with van der Waals surface area (Å²) < 4.78 is 10.1. The molecule has 3 nitrogen and oxygen atoms in total. The number of ether oxygens (including phenoxy) is 1. The van der Waals surface area contributed by atoms with E-state index in [2.05, 4.69) is 0 Å². The standard InChI is InChI=1S/C13H14O3S/c1-15-7-4-8-17-12-9-13(14)16-11-6-3-2-5-10(11)12/h2-3,5-6,9H,4,7-8H2,1H3. The molecule has 0 fully saturated rings.